The summed E-state index contributed by atoms with van der Waals surface area (Å²) in [5.41, 5.74) is 0.596. The Labute approximate surface area is 225 Å². The normalized spacial score (nSPS) is 15.2. The second kappa shape index (κ2) is 11.3. The number of amides is 1. The van der Waals surface area contributed by atoms with Gasteiger partial charge in [0.15, 0.2) is 29.5 Å². The lowest BCUT2D eigenvalue weighted by molar-refractivity contribution is -0.153. The van der Waals surface area contributed by atoms with Crippen LogP contribution in [-0.2, 0) is 4.74 Å². The van der Waals surface area contributed by atoms with Gasteiger partial charge >= 0.3 is 6.18 Å². The van der Waals surface area contributed by atoms with E-state index in [0.29, 0.717) is 47.8 Å². The molecule has 0 saturated carbocycles. The first-order valence-corrected chi connectivity index (χ1v) is 12.1. The van der Waals surface area contributed by atoms with Crippen molar-refractivity contribution in [3.05, 3.63) is 54.6 Å². The molecule has 1 N–H and O–H groups in total. The summed E-state index contributed by atoms with van der Waals surface area (Å²) in [4.78, 5) is 21.5. The molecule has 0 radical (unpaired) electrons. The minimum absolute atomic E-state index is 0.210. The number of carbonyl (C=O) groups is 1. The van der Waals surface area contributed by atoms with Crippen molar-refractivity contribution >= 4 is 22.5 Å². The summed E-state index contributed by atoms with van der Waals surface area (Å²) in [5, 5.41) is 7.42. The molecule has 1 atom stereocenters. The number of halogens is 3. The predicted octanol–water partition coefficient (Wildman–Crippen LogP) is 4.79. The van der Waals surface area contributed by atoms with Crippen LogP contribution in [0.1, 0.15) is 23.0 Å². The summed E-state index contributed by atoms with van der Waals surface area (Å²) < 4.78 is 66.5. The van der Waals surface area contributed by atoms with Crippen molar-refractivity contribution in [2.45, 2.75) is 18.6 Å². The van der Waals surface area contributed by atoms with Gasteiger partial charge in [-0.2, -0.15) is 18.3 Å². The number of pyridine rings is 2. The first kappa shape index (κ1) is 27.0. The number of ether oxygens (including phenoxy) is 5. The zero-order valence-corrected chi connectivity index (χ0v) is 21.4. The molecule has 40 heavy (non-hydrogen) atoms. The van der Waals surface area contributed by atoms with Gasteiger partial charge in [0.1, 0.15) is 5.75 Å². The lowest BCUT2D eigenvalue weighted by atomic mass is 10.2. The third-order valence-electron chi connectivity index (χ3n) is 6.00. The highest BCUT2D eigenvalue weighted by molar-refractivity contribution is 6.04. The third kappa shape index (κ3) is 6.01. The maximum atomic E-state index is 13.0. The molecule has 1 amide bonds. The largest absolute Gasteiger partial charge is 0.493 e. The van der Waals surface area contributed by atoms with Crippen LogP contribution in [0.25, 0.3) is 10.9 Å². The van der Waals surface area contributed by atoms with Gasteiger partial charge in [0, 0.05) is 30.3 Å². The summed E-state index contributed by atoms with van der Waals surface area (Å²) in [6.45, 7) is -0.738. The fourth-order valence-corrected chi connectivity index (χ4v) is 4.07. The van der Waals surface area contributed by atoms with Crippen LogP contribution in [0.4, 0.5) is 18.9 Å². The van der Waals surface area contributed by atoms with Crippen molar-refractivity contribution in [3.8, 4) is 28.9 Å². The van der Waals surface area contributed by atoms with E-state index in [1.54, 1.807) is 24.4 Å². The zero-order chi connectivity index (χ0) is 28.3. The number of methoxy groups -OCH3 is 2. The number of aromatic nitrogens is 4. The predicted molar refractivity (Wildman–Crippen MR) is 135 cm³/mol. The summed E-state index contributed by atoms with van der Waals surface area (Å²) in [7, 11) is 3.05. The van der Waals surface area contributed by atoms with E-state index >= 15 is 0 Å². The molecule has 1 saturated heterocycles. The maximum Gasteiger partial charge on any atom is 0.422 e. The summed E-state index contributed by atoms with van der Waals surface area (Å²) >= 11 is 0. The van der Waals surface area contributed by atoms with Gasteiger partial charge in [0.2, 0.25) is 5.88 Å². The van der Waals surface area contributed by atoms with E-state index in [9.17, 15) is 18.0 Å². The monoisotopic (exact) mass is 559 g/mol. The highest BCUT2D eigenvalue weighted by atomic mass is 19.4. The number of nitrogens with one attached hydrogen (secondary N) is 1. The average molecular weight is 560 g/mol. The van der Waals surface area contributed by atoms with Crippen LogP contribution in [0.3, 0.4) is 0 Å². The number of nitrogens with zero attached hydrogens (tertiary/aromatic N) is 4. The molecule has 4 aromatic rings. The maximum absolute atomic E-state index is 13.0. The molecular formula is C26H24F3N5O6. The molecule has 1 unspecified atom stereocenters. The Kier molecular flexibility index (Phi) is 7.60. The summed E-state index contributed by atoms with van der Waals surface area (Å²) in [5.74, 6) is 0.660. The molecule has 1 aromatic carbocycles. The Hall–Kier alpha value is -4.59. The fraction of sp³-hybridized carbons (Fsp3) is 0.308. The molecule has 14 heteroatoms. The van der Waals surface area contributed by atoms with E-state index in [4.69, 9.17) is 23.7 Å². The van der Waals surface area contributed by atoms with Crippen molar-refractivity contribution < 1.29 is 41.7 Å². The fourth-order valence-electron chi connectivity index (χ4n) is 4.07. The van der Waals surface area contributed by atoms with Gasteiger partial charge < -0.3 is 29.0 Å². The molecule has 5 rings (SSSR count). The minimum Gasteiger partial charge on any atom is -0.493 e. The van der Waals surface area contributed by atoms with Crippen LogP contribution >= 0.6 is 0 Å². The highest BCUT2D eigenvalue weighted by Crippen LogP contribution is 2.36. The number of hydrogen-bond acceptors (Lipinski definition) is 9. The van der Waals surface area contributed by atoms with Crippen molar-refractivity contribution in [2.24, 2.45) is 0 Å². The Bertz CT molecular complexity index is 1500. The van der Waals surface area contributed by atoms with Gasteiger partial charge in [-0.3, -0.25) is 14.5 Å². The number of hydrogen-bond donors (Lipinski definition) is 1. The Morgan fingerprint density at radius 3 is 2.58 bits per heavy atom. The van der Waals surface area contributed by atoms with Crippen molar-refractivity contribution in [1.82, 2.24) is 19.7 Å². The lowest BCUT2D eigenvalue weighted by Gasteiger charge is -2.12. The molecule has 210 valence electrons. The SMILES string of the molecule is COc1cc2nccc(Oc3ccc(NC(=O)c4nn(C5CCOC5)cc4OCC(F)(F)F)cn3)c2cc1OC. The molecule has 4 heterocycles. The highest BCUT2D eigenvalue weighted by Gasteiger charge is 2.31. The van der Waals surface area contributed by atoms with Gasteiger partial charge in [-0.1, -0.05) is 0 Å². The minimum atomic E-state index is -4.58. The summed E-state index contributed by atoms with van der Waals surface area (Å²) in [6.07, 6.45) is 0.230. The second-order valence-electron chi connectivity index (χ2n) is 8.72. The smallest absolute Gasteiger partial charge is 0.422 e. The van der Waals surface area contributed by atoms with Gasteiger partial charge in [-0.15, -0.1) is 0 Å². The number of fused-ring (bicyclic) bond motifs is 1. The van der Waals surface area contributed by atoms with E-state index in [1.807, 2.05) is 0 Å². The van der Waals surface area contributed by atoms with Crippen LogP contribution in [0, 0.1) is 0 Å². The van der Waals surface area contributed by atoms with Crippen molar-refractivity contribution in [3.63, 3.8) is 0 Å². The van der Waals surface area contributed by atoms with Gasteiger partial charge in [0.05, 0.1) is 50.5 Å². The topological polar surface area (TPSA) is 119 Å². The van der Waals surface area contributed by atoms with Crippen LogP contribution in [0.15, 0.2) is 48.9 Å². The molecule has 0 bridgehead atoms. The molecule has 3 aromatic heterocycles. The Balaban J connectivity index is 1.32. The number of alkyl halides is 3. The quantitative estimate of drug-likeness (QED) is 0.309. The number of carbonyl (C=O) groups excluding carboxylic acids is 1. The lowest BCUT2D eigenvalue weighted by Crippen LogP contribution is -2.21. The Morgan fingerprint density at radius 1 is 1.10 bits per heavy atom. The standard InChI is InChI=1S/C26H24F3N5O6/c1-36-20-9-17-18(10-21(20)37-2)30-7-5-19(17)40-23-4-3-15(11-31-23)32-25(35)24-22(39-14-26(27,28)29)12-34(33-24)16-6-8-38-13-16/h3-5,7,9-12,16H,6,8,13-14H2,1-2H3,(H,32,35). The van der Waals surface area contributed by atoms with Crippen molar-refractivity contribution in [2.75, 3.05) is 39.4 Å². The van der Waals surface area contributed by atoms with E-state index in [-0.39, 0.29) is 29.1 Å². The summed E-state index contributed by atoms with van der Waals surface area (Å²) in [6, 6.07) is 7.97. The van der Waals surface area contributed by atoms with E-state index in [0.717, 1.165) is 0 Å². The van der Waals surface area contributed by atoms with E-state index in [1.165, 1.54) is 43.4 Å². The van der Waals surface area contributed by atoms with Gasteiger partial charge in [0.25, 0.3) is 5.91 Å². The molecule has 1 aliphatic heterocycles. The second-order valence-corrected chi connectivity index (χ2v) is 8.72. The van der Waals surface area contributed by atoms with E-state index < -0.39 is 18.7 Å². The zero-order valence-electron chi connectivity index (χ0n) is 21.4. The molecule has 0 spiro atoms. The van der Waals surface area contributed by atoms with Crippen LogP contribution in [-0.4, -0.2) is 65.9 Å². The third-order valence-corrected chi connectivity index (χ3v) is 6.00. The van der Waals surface area contributed by atoms with Crippen LogP contribution < -0.4 is 24.3 Å². The first-order chi connectivity index (χ1) is 19.2. The number of anilines is 1. The molecule has 0 aliphatic carbocycles. The Morgan fingerprint density at radius 2 is 1.90 bits per heavy atom. The molecule has 11 nitrogen and oxygen atoms in total. The molecular weight excluding hydrogens is 535 g/mol. The van der Waals surface area contributed by atoms with E-state index in [2.05, 4.69) is 20.4 Å². The molecule has 1 fully saturated rings. The average Bonchev–Trinajstić information content (AvgIpc) is 3.62. The van der Waals surface area contributed by atoms with Crippen LogP contribution in [0.2, 0.25) is 0 Å². The number of benzene rings is 1. The van der Waals surface area contributed by atoms with Gasteiger partial charge in [-0.05, 0) is 24.6 Å². The van der Waals surface area contributed by atoms with Crippen LogP contribution in [0.5, 0.6) is 28.9 Å². The van der Waals surface area contributed by atoms with Gasteiger partial charge in [-0.25, -0.2) is 4.98 Å². The first-order valence-electron chi connectivity index (χ1n) is 12.1. The number of rotatable bonds is 9. The van der Waals surface area contributed by atoms with Crippen molar-refractivity contribution in [1.29, 1.82) is 0 Å². The molecule has 1 aliphatic rings.